The number of rotatable bonds is 8. The first-order valence-corrected chi connectivity index (χ1v) is 11.4. The molecule has 5 nitrogen and oxygen atoms in total. The molecule has 1 aromatic rings. The van der Waals surface area contributed by atoms with Crippen molar-refractivity contribution in [2.75, 3.05) is 25.1 Å². The van der Waals surface area contributed by atoms with E-state index >= 15 is 0 Å². The van der Waals surface area contributed by atoms with E-state index in [0.29, 0.717) is 0 Å². The predicted molar refractivity (Wildman–Crippen MR) is 106 cm³/mol. The van der Waals surface area contributed by atoms with Crippen LogP contribution in [0.4, 0.5) is 0 Å². The molecule has 26 heavy (non-hydrogen) atoms. The molecule has 6 heteroatoms. The summed E-state index contributed by atoms with van der Waals surface area (Å²) in [5.41, 5.74) is 3.97. The summed E-state index contributed by atoms with van der Waals surface area (Å²) >= 11 is 0. The molecule has 146 valence electrons. The third kappa shape index (κ3) is 5.81. The van der Waals surface area contributed by atoms with Crippen LogP contribution in [0.25, 0.3) is 0 Å². The van der Waals surface area contributed by atoms with Gasteiger partial charge in [-0.05, 0) is 63.3 Å². The minimum absolute atomic E-state index is 0.0576. The molecule has 1 aliphatic carbocycles. The van der Waals surface area contributed by atoms with Crippen LogP contribution in [0, 0.1) is 0 Å². The molecular weight excluding hydrogens is 348 g/mol. The van der Waals surface area contributed by atoms with Gasteiger partial charge in [-0.15, -0.1) is 0 Å². The molecule has 0 spiro atoms. The van der Waals surface area contributed by atoms with E-state index in [9.17, 15) is 13.2 Å². The summed E-state index contributed by atoms with van der Waals surface area (Å²) in [6.07, 6.45) is 4.77. The molecular formula is C20H32N2O3S. The molecule has 1 amide bonds. The number of likely N-dealkylation sites (N-methyl/N-ethyl adjacent to an activating group) is 1. The number of fused-ring (bicyclic) bond motifs is 1. The van der Waals surface area contributed by atoms with Crippen LogP contribution in [0.1, 0.15) is 56.3 Å². The molecule has 2 rings (SSSR count). The van der Waals surface area contributed by atoms with Crippen LogP contribution in [0.3, 0.4) is 0 Å². The van der Waals surface area contributed by atoms with Gasteiger partial charge in [0.1, 0.15) is 0 Å². The zero-order valence-electron chi connectivity index (χ0n) is 16.4. The average molecular weight is 381 g/mol. The Kier molecular flexibility index (Phi) is 7.24. The summed E-state index contributed by atoms with van der Waals surface area (Å²) in [5.74, 6) is 0.124. The number of benzene rings is 1. The summed E-state index contributed by atoms with van der Waals surface area (Å²) in [5, 5.41) is 3.04. The van der Waals surface area contributed by atoms with Crippen LogP contribution < -0.4 is 5.32 Å². The Balaban J connectivity index is 1.90. The molecule has 0 saturated heterocycles. The first-order valence-electron chi connectivity index (χ1n) is 9.53. The van der Waals surface area contributed by atoms with Gasteiger partial charge >= 0.3 is 0 Å². The number of carbonyl (C=O) groups excluding carboxylic acids is 1. The van der Waals surface area contributed by atoms with Gasteiger partial charge in [-0.2, -0.15) is 0 Å². The Hall–Kier alpha value is -1.40. The molecule has 0 bridgehead atoms. The second-order valence-corrected chi connectivity index (χ2v) is 9.89. The van der Waals surface area contributed by atoms with Crippen LogP contribution >= 0.6 is 0 Å². The summed E-state index contributed by atoms with van der Waals surface area (Å²) in [6.45, 7) is 5.67. The van der Waals surface area contributed by atoms with Crippen molar-refractivity contribution in [3.05, 3.63) is 34.9 Å². The maximum Gasteiger partial charge on any atom is 0.234 e. The molecule has 1 aromatic carbocycles. The number of nitrogens with one attached hydrogen (secondary N) is 1. The molecule has 0 radical (unpaired) electrons. The van der Waals surface area contributed by atoms with Crippen molar-refractivity contribution in [1.82, 2.24) is 10.2 Å². The van der Waals surface area contributed by atoms with Crippen LogP contribution in [0.15, 0.2) is 18.2 Å². The highest BCUT2D eigenvalue weighted by Gasteiger charge is 2.20. The Labute approximate surface area is 158 Å². The van der Waals surface area contributed by atoms with E-state index in [2.05, 4.69) is 23.5 Å². The zero-order valence-corrected chi connectivity index (χ0v) is 17.2. The summed E-state index contributed by atoms with van der Waals surface area (Å²) in [4.78, 5) is 14.2. The molecule has 1 N–H and O–H groups in total. The largest absolute Gasteiger partial charge is 0.348 e. The highest BCUT2D eigenvalue weighted by Crippen LogP contribution is 2.24. The SMILES string of the molecule is CCS(=O)(=O)CC(C)N(C)CC(=O)NC(C)c1ccc2c(c1)CCCC2. The highest BCUT2D eigenvalue weighted by atomic mass is 32.2. The Morgan fingerprint density at radius 1 is 1.19 bits per heavy atom. The van der Waals surface area contributed by atoms with Gasteiger partial charge in [0.25, 0.3) is 0 Å². The second kappa shape index (κ2) is 9.00. The lowest BCUT2D eigenvalue weighted by atomic mass is 9.89. The lowest BCUT2D eigenvalue weighted by Gasteiger charge is -2.25. The van der Waals surface area contributed by atoms with E-state index in [1.54, 1.807) is 18.9 Å². The van der Waals surface area contributed by atoms with Crippen molar-refractivity contribution in [3.63, 3.8) is 0 Å². The standard InChI is InChI=1S/C20H32N2O3S/c1-5-26(24,25)14-15(2)22(4)13-20(23)21-16(3)18-11-10-17-8-6-7-9-19(17)12-18/h10-12,15-16H,5-9,13-14H2,1-4H3,(H,21,23). The van der Waals surface area contributed by atoms with Gasteiger partial charge in [-0.3, -0.25) is 9.69 Å². The van der Waals surface area contributed by atoms with Gasteiger partial charge in [0.2, 0.25) is 5.91 Å². The highest BCUT2D eigenvalue weighted by molar-refractivity contribution is 7.91. The van der Waals surface area contributed by atoms with Crippen molar-refractivity contribution in [2.45, 2.75) is 58.5 Å². The Morgan fingerprint density at radius 2 is 1.85 bits per heavy atom. The zero-order chi connectivity index (χ0) is 19.3. The topological polar surface area (TPSA) is 66.5 Å². The second-order valence-electron chi connectivity index (χ2n) is 7.49. The Morgan fingerprint density at radius 3 is 2.50 bits per heavy atom. The third-order valence-electron chi connectivity index (χ3n) is 5.33. The molecule has 2 atom stereocenters. The van der Waals surface area contributed by atoms with Crippen molar-refractivity contribution >= 4 is 15.7 Å². The molecule has 0 aromatic heterocycles. The van der Waals surface area contributed by atoms with Gasteiger partial charge in [0, 0.05) is 11.8 Å². The lowest BCUT2D eigenvalue weighted by molar-refractivity contribution is -0.122. The van der Waals surface area contributed by atoms with Gasteiger partial charge in [0.05, 0.1) is 18.3 Å². The Bertz CT molecular complexity index is 731. The van der Waals surface area contributed by atoms with Crippen molar-refractivity contribution in [1.29, 1.82) is 0 Å². The summed E-state index contributed by atoms with van der Waals surface area (Å²) in [6, 6.07) is 6.27. The smallest absolute Gasteiger partial charge is 0.234 e. The van der Waals surface area contributed by atoms with Crippen molar-refractivity contribution < 1.29 is 13.2 Å². The van der Waals surface area contributed by atoms with Crippen LogP contribution in [0.5, 0.6) is 0 Å². The first kappa shape index (κ1) is 20.9. The quantitative estimate of drug-likeness (QED) is 0.752. The fraction of sp³-hybridized carbons (Fsp3) is 0.650. The van der Waals surface area contributed by atoms with Crippen molar-refractivity contribution in [3.8, 4) is 0 Å². The normalized spacial score (nSPS) is 16.8. The van der Waals surface area contributed by atoms with Gasteiger partial charge in [-0.25, -0.2) is 8.42 Å². The number of hydrogen-bond acceptors (Lipinski definition) is 4. The van der Waals surface area contributed by atoms with Gasteiger partial charge < -0.3 is 5.32 Å². The fourth-order valence-corrected chi connectivity index (χ4v) is 4.61. The van der Waals surface area contributed by atoms with Crippen molar-refractivity contribution in [2.24, 2.45) is 0 Å². The number of sulfone groups is 1. The summed E-state index contributed by atoms with van der Waals surface area (Å²) < 4.78 is 23.5. The van der Waals surface area contributed by atoms with Crippen LogP contribution in [-0.2, 0) is 27.5 Å². The van der Waals surface area contributed by atoms with E-state index in [1.807, 2.05) is 13.8 Å². The van der Waals surface area contributed by atoms with Crippen LogP contribution in [-0.4, -0.2) is 50.4 Å². The molecule has 1 aliphatic rings. The molecule has 0 aliphatic heterocycles. The molecule has 0 saturated carbocycles. The number of hydrogen-bond donors (Lipinski definition) is 1. The van der Waals surface area contributed by atoms with E-state index < -0.39 is 9.84 Å². The fourth-order valence-electron chi connectivity index (χ4n) is 3.39. The average Bonchev–Trinajstić information content (AvgIpc) is 2.60. The lowest BCUT2D eigenvalue weighted by Crippen LogP contribution is -2.42. The predicted octanol–water partition coefficient (Wildman–Crippen LogP) is 2.50. The monoisotopic (exact) mass is 380 g/mol. The van der Waals surface area contributed by atoms with E-state index in [4.69, 9.17) is 0 Å². The number of nitrogens with zero attached hydrogens (tertiary/aromatic N) is 1. The number of carbonyl (C=O) groups is 1. The van der Waals surface area contributed by atoms with Gasteiger partial charge in [0.15, 0.2) is 9.84 Å². The minimum atomic E-state index is -3.05. The maximum atomic E-state index is 12.4. The molecule has 0 heterocycles. The van der Waals surface area contributed by atoms with E-state index in [0.717, 1.165) is 18.4 Å². The number of amides is 1. The minimum Gasteiger partial charge on any atom is -0.348 e. The van der Waals surface area contributed by atoms with E-state index in [1.165, 1.54) is 24.0 Å². The van der Waals surface area contributed by atoms with Gasteiger partial charge in [-0.1, -0.05) is 25.1 Å². The third-order valence-corrected chi connectivity index (χ3v) is 7.20. The maximum absolute atomic E-state index is 12.4. The molecule has 0 fully saturated rings. The number of aryl methyl sites for hydroxylation is 2. The molecule has 2 unspecified atom stereocenters. The van der Waals surface area contributed by atoms with E-state index in [-0.39, 0.29) is 36.0 Å². The first-order chi connectivity index (χ1) is 12.2. The summed E-state index contributed by atoms with van der Waals surface area (Å²) in [7, 11) is -1.26. The van der Waals surface area contributed by atoms with Crippen LogP contribution in [0.2, 0.25) is 0 Å².